The van der Waals surface area contributed by atoms with Gasteiger partial charge in [0.2, 0.25) is 5.91 Å². The van der Waals surface area contributed by atoms with E-state index in [2.05, 4.69) is 37.4 Å². The van der Waals surface area contributed by atoms with Crippen LogP contribution in [0, 0.1) is 20.8 Å². The number of anilines is 1. The summed E-state index contributed by atoms with van der Waals surface area (Å²) in [5, 5.41) is 3.58. The van der Waals surface area contributed by atoms with Crippen LogP contribution in [-0.2, 0) is 11.2 Å². The quantitative estimate of drug-likeness (QED) is 0.470. The van der Waals surface area contributed by atoms with Gasteiger partial charge in [-0.2, -0.15) is 0 Å². The Morgan fingerprint density at radius 2 is 1.76 bits per heavy atom. The number of benzene rings is 2. The lowest BCUT2D eigenvalue weighted by atomic mass is 10.0. The van der Waals surface area contributed by atoms with Crippen molar-refractivity contribution in [1.82, 2.24) is 9.38 Å². The normalized spacial score (nSPS) is 11.0. The van der Waals surface area contributed by atoms with E-state index in [9.17, 15) is 4.79 Å². The van der Waals surface area contributed by atoms with Crippen molar-refractivity contribution in [2.75, 3.05) is 5.32 Å². The molecule has 2 aromatic carbocycles. The molecule has 0 fully saturated rings. The standard InChI is InChI=1S/C24H22ClN3O/c1-15-6-7-18(13-17(15)3)23-21(28-12-4-5-16(2)24(28)27-23)14-22(29)26-20-10-8-19(25)9-11-20/h4-13H,14H2,1-3H3,(H,26,29). The van der Waals surface area contributed by atoms with Crippen LogP contribution >= 0.6 is 11.6 Å². The maximum Gasteiger partial charge on any atom is 0.230 e. The molecule has 1 amide bonds. The van der Waals surface area contributed by atoms with Gasteiger partial charge in [0.15, 0.2) is 0 Å². The SMILES string of the molecule is Cc1ccc(-c2nc3c(C)cccn3c2CC(=O)Nc2ccc(Cl)cc2)cc1C. The molecule has 0 unspecified atom stereocenters. The molecule has 2 aromatic heterocycles. The van der Waals surface area contributed by atoms with Gasteiger partial charge < -0.3 is 9.72 Å². The molecule has 2 heterocycles. The Morgan fingerprint density at radius 1 is 1.00 bits per heavy atom. The van der Waals surface area contributed by atoms with Crippen molar-refractivity contribution in [3.63, 3.8) is 0 Å². The van der Waals surface area contributed by atoms with Gasteiger partial charge >= 0.3 is 0 Å². The third-order valence-electron chi connectivity index (χ3n) is 5.18. The Balaban J connectivity index is 1.75. The number of nitrogens with one attached hydrogen (secondary N) is 1. The predicted molar refractivity (Wildman–Crippen MR) is 119 cm³/mol. The molecule has 0 saturated heterocycles. The Kier molecular flexibility index (Phi) is 5.12. The summed E-state index contributed by atoms with van der Waals surface area (Å²) in [7, 11) is 0. The molecule has 0 aliphatic heterocycles. The highest BCUT2D eigenvalue weighted by molar-refractivity contribution is 6.30. The minimum Gasteiger partial charge on any atom is -0.326 e. The van der Waals surface area contributed by atoms with Gasteiger partial charge in [0.1, 0.15) is 5.65 Å². The summed E-state index contributed by atoms with van der Waals surface area (Å²) in [4.78, 5) is 17.7. The van der Waals surface area contributed by atoms with E-state index in [1.54, 1.807) is 24.3 Å². The molecule has 29 heavy (non-hydrogen) atoms. The number of carbonyl (C=O) groups excluding carboxylic acids is 1. The zero-order chi connectivity index (χ0) is 20.5. The second-order valence-electron chi connectivity index (χ2n) is 7.32. The molecule has 0 bridgehead atoms. The van der Waals surface area contributed by atoms with E-state index in [-0.39, 0.29) is 12.3 Å². The van der Waals surface area contributed by atoms with Crippen LogP contribution in [0.1, 0.15) is 22.4 Å². The fourth-order valence-corrected chi connectivity index (χ4v) is 3.56. The number of pyridine rings is 1. The van der Waals surface area contributed by atoms with E-state index in [0.717, 1.165) is 33.8 Å². The first kappa shape index (κ1) is 19.2. The summed E-state index contributed by atoms with van der Waals surface area (Å²) in [6, 6.07) is 17.4. The first-order valence-corrected chi connectivity index (χ1v) is 9.90. The van der Waals surface area contributed by atoms with Crippen LogP contribution in [-0.4, -0.2) is 15.3 Å². The number of amides is 1. The monoisotopic (exact) mass is 403 g/mol. The highest BCUT2D eigenvalue weighted by Crippen LogP contribution is 2.28. The first-order chi connectivity index (χ1) is 13.9. The lowest BCUT2D eigenvalue weighted by Gasteiger charge is -2.09. The topological polar surface area (TPSA) is 46.4 Å². The summed E-state index contributed by atoms with van der Waals surface area (Å²) in [6.45, 7) is 6.21. The van der Waals surface area contributed by atoms with Crippen LogP contribution in [0.4, 0.5) is 5.69 Å². The summed E-state index contributed by atoms with van der Waals surface area (Å²) >= 11 is 5.93. The fraction of sp³-hybridized carbons (Fsp3) is 0.167. The summed E-state index contributed by atoms with van der Waals surface area (Å²) in [5.41, 5.74) is 7.83. The maximum absolute atomic E-state index is 12.8. The molecule has 0 aliphatic carbocycles. The third-order valence-corrected chi connectivity index (χ3v) is 5.43. The molecule has 0 spiro atoms. The number of aryl methyl sites for hydroxylation is 3. The molecule has 0 aliphatic rings. The van der Waals surface area contributed by atoms with Gasteiger partial charge in [0.05, 0.1) is 17.8 Å². The highest BCUT2D eigenvalue weighted by atomic mass is 35.5. The number of imidazole rings is 1. The minimum absolute atomic E-state index is 0.0966. The van der Waals surface area contributed by atoms with Gasteiger partial charge in [-0.05, 0) is 73.9 Å². The minimum atomic E-state index is -0.0966. The summed E-state index contributed by atoms with van der Waals surface area (Å²) < 4.78 is 2.02. The largest absolute Gasteiger partial charge is 0.326 e. The summed E-state index contributed by atoms with van der Waals surface area (Å²) in [5.74, 6) is -0.0966. The molecular formula is C24H22ClN3O. The number of nitrogens with zero attached hydrogens (tertiary/aromatic N) is 2. The average Bonchev–Trinajstić information content (AvgIpc) is 3.06. The van der Waals surface area contributed by atoms with Crippen molar-refractivity contribution in [2.24, 2.45) is 0 Å². The van der Waals surface area contributed by atoms with Crippen LogP contribution in [0.25, 0.3) is 16.9 Å². The van der Waals surface area contributed by atoms with Gasteiger partial charge in [-0.1, -0.05) is 29.8 Å². The number of hydrogen-bond acceptors (Lipinski definition) is 2. The molecule has 5 heteroatoms. The van der Waals surface area contributed by atoms with Crippen LogP contribution in [0.5, 0.6) is 0 Å². The first-order valence-electron chi connectivity index (χ1n) is 9.52. The Hall–Kier alpha value is -3.11. The third kappa shape index (κ3) is 3.89. The van der Waals surface area contributed by atoms with E-state index in [1.807, 2.05) is 29.7 Å². The van der Waals surface area contributed by atoms with E-state index in [0.29, 0.717) is 5.02 Å². The van der Waals surface area contributed by atoms with Gasteiger partial charge in [-0.3, -0.25) is 4.79 Å². The molecular weight excluding hydrogens is 382 g/mol. The molecule has 146 valence electrons. The molecule has 4 aromatic rings. The van der Waals surface area contributed by atoms with E-state index in [1.165, 1.54) is 11.1 Å². The Labute approximate surface area is 175 Å². The van der Waals surface area contributed by atoms with Gasteiger partial charge in [0.25, 0.3) is 0 Å². The predicted octanol–water partition coefficient (Wildman–Crippen LogP) is 5.76. The van der Waals surface area contributed by atoms with E-state index >= 15 is 0 Å². The molecule has 1 N–H and O–H groups in total. The van der Waals surface area contributed by atoms with Gasteiger partial charge in [0, 0.05) is 22.5 Å². The van der Waals surface area contributed by atoms with Crippen LogP contribution in [0.2, 0.25) is 5.02 Å². The number of aromatic nitrogens is 2. The van der Waals surface area contributed by atoms with E-state index in [4.69, 9.17) is 16.6 Å². The van der Waals surface area contributed by atoms with Crippen molar-refractivity contribution in [3.8, 4) is 11.3 Å². The maximum atomic E-state index is 12.8. The number of halogens is 1. The number of fused-ring (bicyclic) bond motifs is 1. The summed E-state index contributed by atoms with van der Waals surface area (Å²) in [6.07, 6.45) is 2.18. The number of hydrogen-bond donors (Lipinski definition) is 1. The lowest BCUT2D eigenvalue weighted by molar-refractivity contribution is -0.115. The number of rotatable bonds is 4. The second kappa shape index (κ2) is 7.72. The molecule has 0 radical (unpaired) electrons. The zero-order valence-corrected chi connectivity index (χ0v) is 17.4. The zero-order valence-electron chi connectivity index (χ0n) is 16.7. The molecule has 4 nitrogen and oxygen atoms in total. The second-order valence-corrected chi connectivity index (χ2v) is 7.76. The van der Waals surface area contributed by atoms with Gasteiger partial charge in [-0.25, -0.2) is 4.98 Å². The van der Waals surface area contributed by atoms with E-state index < -0.39 is 0 Å². The molecule has 0 atom stereocenters. The number of carbonyl (C=O) groups is 1. The van der Waals surface area contributed by atoms with Crippen LogP contribution < -0.4 is 5.32 Å². The van der Waals surface area contributed by atoms with Crippen molar-refractivity contribution in [3.05, 3.63) is 88.2 Å². The van der Waals surface area contributed by atoms with Crippen molar-refractivity contribution in [1.29, 1.82) is 0 Å². The van der Waals surface area contributed by atoms with Crippen LogP contribution in [0.15, 0.2) is 60.8 Å². The fourth-order valence-electron chi connectivity index (χ4n) is 3.43. The van der Waals surface area contributed by atoms with Crippen molar-refractivity contribution < 1.29 is 4.79 Å². The molecule has 4 rings (SSSR count). The Morgan fingerprint density at radius 3 is 2.48 bits per heavy atom. The lowest BCUT2D eigenvalue weighted by Crippen LogP contribution is -2.16. The average molecular weight is 404 g/mol. The Bertz CT molecular complexity index is 1210. The molecule has 0 saturated carbocycles. The van der Waals surface area contributed by atoms with Crippen molar-refractivity contribution >= 4 is 28.8 Å². The highest BCUT2D eigenvalue weighted by Gasteiger charge is 2.18. The smallest absolute Gasteiger partial charge is 0.230 e. The van der Waals surface area contributed by atoms with Crippen molar-refractivity contribution in [2.45, 2.75) is 27.2 Å². The van der Waals surface area contributed by atoms with Crippen LogP contribution in [0.3, 0.4) is 0 Å². The van der Waals surface area contributed by atoms with Gasteiger partial charge in [-0.15, -0.1) is 0 Å².